The van der Waals surface area contributed by atoms with Crippen LogP contribution in [-0.2, 0) is 6.42 Å². The van der Waals surface area contributed by atoms with Gasteiger partial charge < -0.3 is 0 Å². The van der Waals surface area contributed by atoms with E-state index in [1.54, 1.807) is 0 Å². The first kappa shape index (κ1) is 20.6. The maximum absolute atomic E-state index is 3.97. The quantitative estimate of drug-likeness (QED) is 0.267. The Balaban J connectivity index is 2.69. The summed E-state index contributed by atoms with van der Waals surface area (Å²) in [5, 5.41) is 0. The fraction of sp³-hybridized carbons (Fsp3) is 0.636. The molecular weight excluding hydrogens is 383 g/mol. The van der Waals surface area contributed by atoms with Crippen LogP contribution < -0.4 is 0 Å². The molecule has 1 rings (SSSR count). The fourth-order valence-corrected chi connectivity index (χ4v) is 16.7. The first-order valence-corrected chi connectivity index (χ1v) is 17.3. The van der Waals surface area contributed by atoms with Crippen LogP contribution >= 0.6 is 0 Å². The third kappa shape index (κ3) is 8.85. The monoisotopic (exact) mass is 420 g/mol. The minimum atomic E-state index is -2.20. The number of hydrogen-bond acceptors (Lipinski definition) is 0. The molecule has 0 nitrogen and oxygen atoms in total. The molecule has 0 atom stereocenters. The van der Waals surface area contributed by atoms with Gasteiger partial charge in [-0.05, 0) is 0 Å². The third-order valence-electron chi connectivity index (χ3n) is 4.76. The van der Waals surface area contributed by atoms with Gasteiger partial charge in [-0.25, -0.2) is 0 Å². The molecular formula is C22H36Sn. The van der Waals surface area contributed by atoms with Crippen LogP contribution in [0.25, 0.3) is 0 Å². The molecule has 1 aromatic carbocycles. The first-order valence-electron chi connectivity index (χ1n) is 9.80. The van der Waals surface area contributed by atoms with Crippen LogP contribution in [0.4, 0.5) is 0 Å². The van der Waals surface area contributed by atoms with Crippen LogP contribution in [0.15, 0.2) is 30.3 Å². The summed E-state index contributed by atoms with van der Waals surface area (Å²) in [7, 11) is 0. The van der Waals surface area contributed by atoms with Crippen LogP contribution in [0.2, 0.25) is 13.3 Å². The average Bonchev–Trinajstić information content (AvgIpc) is 2.60. The van der Waals surface area contributed by atoms with Crippen molar-refractivity contribution in [3.8, 4) is 9.86 Å². The summed E-state index contributed by atoms with van der Waals surface area (Å²) >= 11 is -2.20. The Morgan fingerprint density at radius 2 is 1.30 bits per heavy atom. The van der Waals surface area contributed by atoms with Crippen LogP contribution in [0.5, 0.6) is 0 Å². The van der Waals surface area contributed by atoms with Crippen molar-refractivity contribution in [1.82, 2.24) is 0 Å². The summed E-state index contributed by atoms with van der Waals surface area (Å²) in [4.78, 5) is 0. The van der Waals surface area contributed by atoms with Crippen molar-refractivity contribution in [2.75, 3.05) is 0 Å². The molecule has 0 heterocycles. The first-order chi connectivity index (χ1) is 11.3. The summed E-state index contributed by atoms with van der Waals surface area (Å²) in [5.41, 5.74) is 1.43. The summed E-state index contributed by atoms with van der Waals surface area (Å²) in [6.45, 7) is 7.00. The number of benzene rings is 1. The van der Waals surface area contributed by atoms with Gasteiger partial charge in [0.2, 0.25) is 0 Å². The molecule has 0 radical (unpaired) electrons. The van der Waals surface area contributed by atoms with Crippen molar-refractivity contribution in [2.45, 2.75) is 85.4 Å². The van der Waals surface area contributed by atoms with E-state index in [2.05, 4.69) is 61.0 Å². The van der Waals surface area contributed by atoms with E-state index >= 15 is 0 Å². The zero-order valence-corrected chi connectivity index (χ0v) is 18.5. The Kier molecular flexibility index (Phi) is 11.6. The van der Waals surface area contributed by atoms with Crippen LogP contribution in [0.3, 0.4) is 0 Å². The predicted molar refractivity (Wildman–Crippen MR) is 107 cm³/mol. The van der Waals surface area contributed by atoms with Gasteiger partial charge in [0.05, 0.1) is 0 Å². The van der Waals surface area contributed by atoms with E-state index in [1.807, 2.05) is 0 Å². The molecule has 0 amide bonds. The van der Waals surface area contributed by atoms with Crippen LogP contribution in [-0.4, -0.2) is 18.4 Å². The third-order valence-corrected chi connectivity index (χ3v) is 18.0. The van der Waals surface area contributed by atoms with Crippen LogP contribution in [0, 0.1) is 9.86 Å². The average molecular weight is 419 g/mol. The van der Waals surface area contributed by atoms with Crippen molar-refractivity contribution in [3.05, 3.63) is 35.9 Å². The SMILES string of the molecule is CCC[CH2][Sn]([C]#CCCc1ccccc1)([CH2]CCC)[CH2]CCC. The van der Waals surface area contributed by atoms with Crippen molar-refractivity contribution >= 4 is 18.4 Å². The molecule has 0 saturated heterocycles. The number of hydrogen-bond donors (Lipinski definition) is 0. The topological polar surface area (TPSA) is 0 Å². The zero-order chi connectivity index (χ0) is 16.8. The Hall–Kier alpha value is -0.421. The van der Waals surface area contributed by atoms with Gasteiger partial charge in [0.15, 0.2) is 0 Å². The molecule has 0 bridgehead atoms. The van der Waals surface area contributed by atoms with E-state index in [9.17, 15) is 0 Å². The van der Waals surface area contributed by atoms with Gasteiger partial charge in [0.1, 0.15) is 0 Å². The molecule has 0 fully saturated rings. The molecule has 0 N–H and O–H groups in total. The molecule has 0 spiro atoms. The Morgan fingerprint density at radius 1 is 0.783 bits per heavy atom. The molecule has 0 unspecified atom stereocenters. The van der Waals surface area contributed by atoms with Gasteiger partial charge in [-0.1, -0.05) is 0 Å². The second kappa shape index (κ2) is 12.9. The minimum absolute atomic E-state index is 1.05. The zero-order valence-electron chi connectivity index (χ0n) is 15.7. The van der Waals surface area contributed by atoms with Crippen molar-refractivity contribution < 1.29 is 0 Å². The van der Waals surface area contributed by atoms with E-state index in [1.165, 1.54) is 57.4 Å². The summed E-state index contributed by atoms with van der Waals surface area (Å²) < 4.78 is 8.48. The van der Waals surface area contributed by atoms with Crippen molar-refractivity contribution in [3.63, 3.8) is 0 Å². The van der Waals surface area contributed by atoms with Gasteiger partial charge >= 0.3 is 150 Å². The molecule has 0 aliphatic heterocycles. The standard InChI is InChI=1S/C10H9.3C4H9.Sn/c1-2-3-7-10-8-5-4-6-9-10;3*1-3-4-2;/h4-6,8-9H,3,7H2;3*1,3-4H2,2H3;. The van der Waals surface area contributed by atoms with E-state index in [0.717, 1.165) is 12.8 Å². The Bertz CT molecular complexity index is 430. The van der Waals surface area contributed by atoms with Gasteiger partial charge in [0, 0.05) is 0 Å². The van der Waals surface area contributed by atoms with Crippen molar-refractivity contribution in [1.29, 1.82) is 0 Å². The molecule has 1 heteroatoms. The molecule has 0 aliphatic carbocycles. The van der Waals surface area contributed by atoms with E-state index in [0.29, 0.717) is 0 Å². The molecule has 0 saturated carbocycles. The van der Waals surface area contributed by atoms with E-state index in [4.69, 9.17) is 0 Å². The number of aryl methyl sites for hydroxylation is 1. The molecule has 0 aliphatic rings. The molecule has 128 valence electrons. The molecule has 0 aromatic heterocycles. The van der Waals surface area contributed by atoms with Crippen molar-refractivity contribution in [2.24, 2.45) is 0 Å². The predicted octanol–water partition coefficient (Wildman–Crippen LogP) is 7.01. The number of unbranched alkanes of at least 4 members (excludes halogenated alkanes) is 3. The summed E-state index contributed by atoms with van der Waals surface area (Å²) in [6, 6.07) is 10.8. The van der Waals surface area contributed by atoms with E-state index in [-0.39, 0.29) is 0 Å². The summed E-state index contributed by atoms with van der Waals surface area (Å²) in [5.74, 6) is 3.64. The molecule has 1 aromatic rings. The Labute approximate surface area is 149 Å². The van der Waals surface area contributed by atoms with Gasteiger partial charge in [-0.15, -0.1) is 0 Å². The van der Waals surface area contributed by atoms with Crippen LogP contribution in [0.1, 0.15) is 71.3 Å². The van der Waals surface area contributed by atoms with Gasteiger partial charge in [0.25, 0.3) is 0 Å². The Morgan fingerprint density at radius 3 is 1.78 bits per heavy atom. The van der Waals surface area contributed by atoms with Gasteiger partial charge in [-0.2, -0.15) is 0 Å². The second-order valence-electron chi connectivity index (χ2n) is 6.88. The van der Waals surface area contributed by atoms with Gasteiger partial charge in [-0.3, -0.25) is 0 Å². The maximum atomic E-state index is 3.97. The number of rotatable bonds is 11. The van der Waals surface area contributed by atoms with E-state index < -0.39 is 18.4 Å². The summed E-state index contributed by atoms with van der Waals surface area (Å²) in [6.07, 6.45) is 10.4. The normalized spacial score (nSPS) is 11.1. The fourth-order valence-electron chi connectivity index (χ4n) is 3.21. The molecule has 23 heavy (non-hydrogen) atoms. The second-order valence-corrected chi connectivity index (χ2v) is 19.2.